The third-order valence-corrected chi connectivity index (χ3v) is 5.45. The number of ether oxygens (including phenoxy) is 2. The van der Waals surface area contributed by atoms with E-state index < -0.39 is 6.10 Å². The van der Waals surface area contributed by atoms with Crippen LogP contribution in [0.4, 0.5) is 0 Å². The van der Waals surface area contributed by atoms with E-state index in [0.29, 0.717) is 12.8 Å². The average Bonchev–Trinajstić information content (AvgIpc) is 2.78. The molecular formula is C22H32O4. The van der Waals surface area contributed by atoms with Gasteiger partial charge in [0.2, 0.25) is 0 Å². The number of benzene rings is 1. The number of cyclic esters (lactones) is 1. The summed E-state index contributed by atoms with van der Waals surface area (Å²) in [7, 11) is 0. The SMILES string of the molecule is Cc1cc(C(C)(C)C)c2c(c1CC[C@H]1C[C@H](O)CC(=O)O1)OC(C)(C)C2. The highest BCUT2D eigenvalue weighted by Gasteiger charge is 2.37. The van der Waals surface area contributed by atoms with Gasteiger partial charge in [-0.1, -0.05) is 26.8 Å². The molecule has 1 aromatic rings. The number of carbonyl (C=O) groups is 1. The maximum atomic E-state index is 11.6. The molecule has 0 unspecified atom stereocenters. The van der Waals surface area contributed by atoms with Crippen molar-refractivity contribution in [3.63, 3.8) is 0 Å². The molecule has 2 aliphatic rings. The van der Waals surface area contributed by atoms with Crippen LogP contribution in [0.3, 0.4) is 0 Å². The molecule has 2 atom stereocenters. The Balaban J connectivity index is 1.89. The van der Waals surface area contributed by atoms with Gasteiger partial charge in [0.1, 0.15) is 17.5 Å². The second-order valence-corrected chi connectivity index (χ2v) is 9.56. The summed E-state index contributed by atoms with van der Waals surface area (Å²) in [5.74, 6) is 0.735. The zero-order valence-electron chi connectivity index (χ0n) is 16.9. The van der Waals surface area contributed by atoms with E-state index in [1.54, 1.807) is 0 Å². The van der Waals surface area contributed by atoms with Crippen molar-refractivity contribution < 1.29 is 19.4 Å². The Hall–Kier alpha value is -1.55. The minimum absolute atomic E-state index is 0.0696. The van der Waals surface area contributed by atoms with Gasteiger partial charge in [0.25, 0.3) is 0 Å². The molecule has 4 nitrogen and oxygen atoms in total. The summed E-state index contributed by atoms with van der Waals surface area (Å²) in [5.41, 5.74) is 5.00. The molecular weight excluding hydrogens is 328 g/mol. The zero-order chi connectivity index (χ0) is 19.3. The molecule has 0 radical (unpaired) electrons. The molecule has 0 aliphatic carbocycles. The highest BCUT2D eigenvalue weighted by molar-refractivity contribution is 5.71. The van der Waals surface area contributed by atoms with Crippen LogP contribution in [0, 0.1) is 6.92 Å². The van der Waals surface area contributed by atoms with Crippen molar-refractivity contribution in [2.24, 2.45) is 0 Å². The second kappa shape index (κ2) is 6.56. The maximum absolute atomic E-state index is 11.6. The van der Waals surface area contributed by atoms with Crippen molar-refractivity contribution in [2.45, 2.75) is 96.9 Å². The molecule has 3 rings (SSSR count). The van der Waals surface area contributed by atoms with Gasteiger partial charge in [0.05, 0.1) is 12.5 Å². The van der Waals surface area contributed by atoms with E-state index in [1.165, 1.54) is 22.3 Å². The summed E-state index contributed by atoms with van der Waals surface area (Å²) in [6, 6.07) is 2.31. The number of aryl methyl sites for hydroxylation is 1. The van der Waals surface area contributed by atoms with E-state index in [0.717, 1.165) is 18.6 Å². The van der Waals surface area contributed by atoms with Crippen molar-refractivity contribution in [1.82, 2.24) is 0 Å². The summed E-state index contributed by atoms with van der Waals surface area (Å²) < 4.78 is 11.8. The van der Waals surface area contributed by atoms with Gasteiger partial charge in [-0.2, -0.15) is 0 Å². The standard InChI is InChI=1S/C22H32O4/c1-13-9-18(21(2,3)4)17-12-22(5,6)26-20(17)16(13)8-7-15-10-14(23)11-19(24)25-15/h9,14-15,23H,7-8,10-12H2,1-6H3/t14-,15-/m0/s1. The molecule has 0 aromatic heterocycles. The largest absolute Gasteiger partial charge is 0.487 e. The van der Waals surface area contributed by atoms with E-state index in [-0.39, 0.29) is 29.5 Å². The molecule has 26 heavy (non-hydrogen) atoms. The number of esters is 1. The van der Waals surface area contributed by atoms with E-state index in [4.69, 9.17) is 9.47 Å². The topological polar surface area (TPSA) is 55.8 Å². The number of aliphatic hydroxyl groups is 1. The number of fused-ring (bicyclic) bond motifs is 1. The molecule has 144 valence electrons. The molecule has 4 heteroatoms. The second-order valence-electron chi connectivity index (χ2n) is 9.56. The van der Waals surface area contributed by atoms with E-state index >= 15 is 0 Å². The first-order chi connectivity index (χ1) is 12.0. The van der Waals surface area contributed by atoms with Crippen molar-refractivity contribution in [1.29, 1.82) is 0 Å². The molecule has 0 saturated carbocycles. The highest BCUT2D eigenvalue weighted by atomic mass is 16.5. The van der Waals surface area contributed by atoms with Crippen LogP contribution in [0.1, 0.15) is 76.1 Å². The lowest BCUT2D eigenvalue weighted by Crippen LogP contribution is -2.32. The van der Waals surface area contributed by atoms with Crippen LogP contribution in [-0.2, 0) is 27.8 Å². The van der Waals surface area contributed by atoms with Crippen molar-refractivity contribution >= 4 is 5.97 Å². The van der Waals surface area contributed by atoms with Gasteiger partial charge in [-0.25, -0.2) is 0 Å². The zero-order valence-corrected chi connectivity index (χ0v) is 16.9. The normalized spacial score (nSPS) is 24.8. The van der Waals surface area contributed by atoms with E-state index in [1.807, 2.05) is 0 Å². The fourth-order valence-corrected chi connectivity index (χ4v) is 4.23. The Labute approximate surface area is 156 Å². The van der Waals surface area contributed by atoms with Gasteiger partial charge < -0.3 is 14.6 Å². The lowest BCUT2D eigenvalue weighted by atomic mass is 9.79. The monoisotopic (exact) mass is 360 g/mol. The van der Waals surface area contributed by atoms with Gasteiger partial charge in [-0.05, 0) is 55.7 Å². The summed E-state index contributed by atoms with van der Waals surface area (Å²) in [6.45, 7) is 13.2. The fraction of sp³-hybridized carbons (Fsp3) is 0.682. The number of hydrogen-bond acceptors (Lipinski definition) is 4. The van der Waals surface area contributed by atoms with Crippen LogP contribution in [0.25, 0.3) is 0 Å². The van der Waals surface area contributed by atoms with Crippen LogP contribution >= 0.6 is 0 Å². The molecule has 2 aliphatic heterocycles. The Bertz CT molecular complexity index is 712. The molecule has 2 heterocycles. The Morgan fingerprint density at radius 3 is 2.62 bits per heavy atom. The Morgan fingerprint density at radius 1 is 1.31 bits per heavy atom. The van der Waals surface area contributed by atoms with Crippen molar-refractivity contribution in [3.05, 3.63) is 28.3 Å². The minimum atomic E-state index is -0.577. The summed E-state index contributed by atoms with van der Waals surface area (Å²) in [5, 5.41) is 9.83. The van der Waals surface area contributed by atoms with Crippen LogP contribution in [0.2, 0.25) is 0 Å². The molecule has 1 fully saturated rings. The van der Waals surface area contributed by atoms with Crippen LogP contribution in [0.15, 0.2) is 6.07 Å². The Morgan fingerprint density at radius 2 is 2.00 bits per heavy atom. The van der Waals surface area contributed by atoms with E-state index in [9.17, 15) is 9.90 Å². The van der Waals surface area contributed by atoms with Crippen LogP contribution in [-0.4, -0.2) is 28.9 Å². The minimum Gasteiger partial charge on any atom is -0.487 e. The third-order valence-electron chi connectivity index (χ3n) is 5.45. The first-order valence-electron chi connectivity index (χ1n) is 9.68. The number of aliphatic hydroxyl groups excluding tert-OH is 1. The molecule has 0 bridgehead atoms. The van der Waals surface area contributed by atoms with Crippen molar-refractivity contribution in [3.8, 4) is 5.75 Å². The number of carbonyl (C=O) groups excluding carboxylic acids is 1. The fourth-order valence-electron chi connectivity index (χ4n) is 4.23. The van der Waals surface area contributed by atoms with Gasteiger partial charge >= 0.3 is 5.97 Å². The smallest absolute Gasteiger partial charge is 0.308 e. The lowest BCUT2D eigenvalue weighted by Gasteiger charge is -2.27. The van der Waals surface area contributed by atoms with Crippen molar-refractivity contribution in [2.75, 3.05) is 0 Å². The molecule has 0 amide bonds. The summed E-state index contributed by atoms with van der Waals surface area (Å²) in [4.78, 5) is 11.6. The van der Waals surface area contributed by atoms with Gasteiger partial charge in [0.15, 0.2) is 0 Å². The molecule has 0 spiro atoms. The highest BCUT2D eigenvalue weighted by Crippen LogP contribution is 2.45. The molecule has 1 N–H and O–H groups in total. The van der Waals surface area contributed by atoms with Gasteiger partial charge in [-0.15, -0.1) is 0 Å². The van der Waals surface area contributed by atoms with Gasteiger partial charge in [0, 0.05) is 18.4 Å². The van der Waals surface area contributed by atoms with Gasteiger partial charge in [-0.3, -0.25) is 4.79 Å². The average molecular weight is 360 g/mol. The first-order valence-corrected chi connectivity index (χ1v) is 9.68. The predicted molar refractivity (Wildman–Crippen MR) is 102 cm³/mol. The van der Waals surface area contributed by atoms with Crippen LogP contribution < -0.4 is 4.74 Å². The quantitative estimate of drug-likeness (QED) is 0.828. The Kier molecular flexibility index (Phi) is 4.85. The first kappa shape index (κ1) is 19.2. The summed E-state index contributed by atoms with van der Waals surface area (Å²) in [6.07, 6.45) is 2.28. The third kappa shape index (κ3) is 3.90. The van der Waals surface area contributed by atoms with Crippen LogP contribution in [0.5, 0.6) is 5.75 Å². The molecule has 1 aromatic carbocycles. The number of hydrogen-bond donors (Lipinski definition) is 1. The lowest BCUT2D eigenvalue weighted by molar-refractivity contribution is -0.160. The predicted octanol–water partition coefficient (Wildman–Crippen LogP) is 4.01. The summed E-state index contributed by atoms with van der Waals surface area (Å²) >= 11 is 0. The maximum Gasteiger partial charge on any atom is 0.308 e. The number of rotatable bonds is 3. The molecule has 1 saturated heterocycles. The van der Waals surface area contributed by atoms with E-state index in [2.05, 4.69) is 47.6 Å².